The third-order valence-electron chi connectivity index (χ3n) is 1.93. The summed E-state index contributed by atoms with van der Waals surface area (Å²) < 4.78 is 0.964. The van der Waals surface area contributed by atoms with Gasteiger partial charge in [-0.25, -0.2) is 0 Å². The Morgan fingerprint density at radius 3 is 2.85 bits per heavy atom. The van der Waals surface area contributed by atoms with Gasteiger partial charge in [0.15, 0.2) is 0 Å². The van der Waals surface area contributed by atoms with E-state index < -0.39 is 0 Å². The van der Waals surface area contributed by atoms with E-state index in [0.29, 0.717) is 0 Å². The van der Waals surface area contributed by atoms with Gasteiger partial charge in [-0.2, -0.15) is 0 Å². The third-order valence-corrected chi connectivity index (χ3v) is 2.73. The smallest absolute Gasteiger partial charge is 0.116 e. The number of phenols is 1. The van der Waals surface area contributed by atoms with Gasteiger partial charge in [-0.05, 0) is 47.1 Å². The zero-order valence-corrected chi connectivity index (χ0v) is 8.67. The van der Waals surface area contributed by atoms with Crippen LogP contribution in [0.2, 0.25) is 0 Å². The molecule has 1 aromatic heterocycles. The van der Waals surface area contributed by atoms with Crippen molar-refractivity contribution < 1.29 is 5.11 Å². The molecule has 2 aromatic rings. The number of hydrogen-bond acceptors (Lipinski definition) is 2. The quantitative estimate of drug-likeness (QED) is 0.765. The Balaban J connectivity index is 2.81. The van der Waals surface area contributed by atoms with Gasteiger partial charge in [-0.15, -0.1) is 0 Å². The highest BCUT2D eigenvalue weighted by Crippen LogP contribution is 2.23. The topological polar surface area (TPSA) is 33.1 Å². The Hall–Kier alpha value is -1.09. The first-order chi connectivity index (χ1) is 6.16. The maximum Gasteiger partial charge on any atom is 0.116 e. The number of aryl methyl sites for hydroxylation is 1. The van der Waals surface area contributed by atoms with Crippen LogP contribution < -0.4 is 0 Å². The molecule has 1 heterocycles. The lowest BCUT2D eigenvalue weighted by Gasteiger charge is -2.01. The molecule has 0 bridgehead atoms. The molecule has 2 rings (SSSR count). The van der Waals surface area contributed by atoms with Crippen molar-refractivity contribution in [2.24, 2.45) is 0 Å². The van der Waals surface area contributed by atoms with E-state index in [1.54, 1.807) is 12.1 Å². The molecule has 0 aliphatic rings. The molecular weight excluding hydrogens is 230 g/mol. The molecular formula is C10H8BrNO. The summed E-state index contributed by atoms with van der Waals surface area (Å²) in [5.41, 5.74) is 1.86. The fourth-order valence-corrected chi connectivity index (χ4v) is 1.57. The molecule has 0 atom stereocenters. The van der Waals surface area contributed by atoms with Crippen molar-refractivity contribution in [2.45, 2.75) is 6.92 Å². The number of benzene rings is 1. The average molecular weight is 238 g/mol. The minimum atomic E-state index is 0.269. The van der Waals surface area contributed by atoms with E-state index in [-0.39, 0.29) is 5.75 Å². The van der Waals surface area contributed by atoms with E-state index in [1.807, 2.05) is 19.1 Å². The Bertz CT molecular complexity index is 468. The number of hydrogen-bond donors (Lipinski definition) is 1. The molecule has 1 N–H and O–H groups in total. The number of phenolic OH excluding ortho intramolecular Hbond substituents is 1. The lowest BCUT2D eigenvalue weighted by atomic mass is 10.2. The Labute approximate surface area is 84.4 Å². The van der Waals surface area contributed by atoms with Crippen LogP contribution in [0.3, 0.4) is 0 Å². The lowest BCUT2D eigenvalue weighted by Crippen LogP contribution is -1.84. The van der Waals surface area contributed by atoms with E-state index in [1.165, 1.54) is 0 Å². The highest BCUT2D eigenvalue weighted by Gasteiger charge is 2.00. The van der Waals surface area contributed by atoms with E-state index >= 15 is 0 Å². The fourth-order valence-electron chi connectivity index (χ4n) is 1.23. The van der Waals surface area contributed by atoms with Gasteiger partial charge in [0.1, 0.15) is 5.75 Å². The molecule has 13 heavy (non-hydrogen) atoms. The molecule has 0 amide bonds. The molecule has 0 fully saturated rings. The molecule has 0 saturated heterocycles. The lowest BCUT2D eigenvalue weighted by molar-refractivity contribution is 0.476. The molecule has 0 aliphatic heterocycles. The summed E-state index contributed by atoms with van der Waals surface area (Å²) in [6.45, 7) is 1.94. The SMILES string of the molecule is Cc1nc2ccc(O)cc2cc1Br. The zero-order valence-electron chi connectivity index (χ0n) is 7.08. The van der Waals surface area contributed by atoms with E-state index in [0.717, 1.165) is 21.1 Å². The summed E-state index contributed by atoms with van der Waals surface area (Å²) in [5, 5.41) is 10.2. The second-order valence-corrected chi connectivity index (χ2v) is 3.79. The number of halogens is 1. The summed E-state index contributed by atoms with van der Waals surface area (Å²) >= 11 is 3.40. The van der Waals surface area contributed by atoms with Gasteiger partial charge in [0.05, 0.1) is 11.2 Å². The van der Waals surface area contributed by atoms with E-state index in [2.05, 4.69) is 20.9 Å². The molecule has 0 spiro atoms. The van der Waals surface area contributed by atoms with Gasteiger partial charge in [0.25, 0.3) is 0 Å². The molecule has 1 aromatic carbocycles. The van der Waals surface area contributed by atoms with E-state index in [9.17, 15) is 5.11 Å². The number of rotatable bonds is 0. The minimum absolute atomic E-state index is 0.269. The van der Waals surface area contributed by atoms with Crippen molar-refractivity contribution in [2.75, 3.05) is 0 Å². The molecule has 66 valence electrons. The summed E-state index contributed by atoms with van der Waals surface area (Å²) in [4.78, 5) is 4.36. The largest absolute Gasteiger partial charge is 0.508 e. The minimum Gasteiger partial charge on any atom is -0.508 e. The maximum absolute atomic E-state index is 9.25. The van der Waals surface area contributed by atoms with Crippen molar-refractivity contribution in [1.29, 1.82) is 0 Å². The summed E-state index contributed by atoms with van der Waals surface area (Å²) in [7, 11) is 0. The normalized spacial score (nSPS) is 10.6. The van der Waals surface area contributed by atoms with Gasteiger partial charge in [0.2, 0.25) is 0 Å². The molecule has 0 saturated carbocycles. The first-order valence-electron chi connectivity index (χ1n) is 3.93. The number of nitrogens with zero attached hydrogens (tertiary/aromatic N) is 1. The number of aromatic hydroxyl groups is 1. The van der Waals surface area contributed by atoms with Gasteiger partial charge in [0, 0.05) is 9.86 Å². The van der Waals surface area contributed by atoms with Crippen LogP contribution in [0.5, 0.6) is 5.75 Å². The first kappa shape index (κ1) is 8.51. The van der Waals surface area contributed by atoms with Crippen LogP contribution in [0.25, 0.3) is 10.9 Å². The van der Waals surface area contributed by atoms with Crippen LogP contribution in [0.1, 0.15) is 5.69 Å². The average Bonchev–Trinajstić information content (AvgIpc) is 2.08. The highest BCUT2D eigenvalue weighted by atomic mass is 79.9. The predicted molar refractivity (Wildman–Crippen MR) is 55.8 cm³/mol. The zero-order chi connectivity index (χ0) is 9.42. The predicted octanol–water partition coefficient (Wildman–Crippen LogP) is 3.01. The van der Waals surface area contributed by atoms with Crippen LogP contribution >= 0.6 is 15.9 Å². The van der Waals surface area contributed by atoms with Gasteiger partial charge >= 0.3 is 0 Å². The van der Waals surface area contributed by atoms with Crippen molar-refractivity contribution in [3.05, 3.63) is 34.4 Å². The van der Waals surface area contributed by atoms with Crippen molar-refractivity contribution in [1.82, 2.24) is 4.98 Å². The number of aromatic nitrogens is 1. The number of pyridine rings is 1. The summed E-state index contributed by atoms with van der Waals surface area (Å²) in [6.07, 6.45) is 0. The molecule has 2 nitrogen and oxygen atoms in total. The number of fused-ring (bicyclic) bond motifs is 1. The second-order valence-electron chi connectivity index (χ2n) is 2.93. The molecule has 0 radical (unpaired) electrons. The van der Waals surface area contributed by atoms with E-state index in [4.69, 9.17) is 0 Å². The van der Waals surface area contributed by atoms with Gasteiger partial charge in [-0.1, -0.05) is 0 Å². The van der Waals surface area contributed by atoms with Crippen LogP contribution in [0.4, 0.5) is 0 Å². The standard InChI is InChI=1S/C10H8BrNO/c1-6-9(11)5-7-4-8(13)2-3-10(7)12-6/h2-5,13H,1H3. The second kappa shape index (κ2) is 3.00. The molecule has 3 heteroatoms. The monoisotopic (exact) mass is 237 g/mol. The van der Waals surface area contributed by atoms with Crippen LogP contribution in [-0.4, -0.2) is 10.1 Å². The maximum atomic E-state index is 9.25. The summed E-state index contributed by atoms with van der Waals surface area (Å²) in [5.74, 6) is 0.269. The van der Waals surface area contributed by atoms with Crippen molar-refractivity contribution >= 4 is 26.8 Å². The third kappa shape index (κ3) is 1.52. The Morgan fingerprint density at radius 2 is 2.08 bits per heavy atom. The highest BCUT2D eigenvalue weighted by molar-refractivity contribution is 9.10. The molecule has 0 aliphatic carbocycles. The van der Waals surface area contributed by atoms with Gasteiger partial charge < -0.3 is 5.11 Å². The van der Waals surface area contributed by atoms with Crippen LogP contribution in [0, 0.1) is 6.92 Å². The molecule has 0 unspecified atom stereocenters. The van der Waals surface area contributed by atoms with Crippen LogP contribution in [0.15, 0.2) is 28.7 Å². The van der Waals surface area contributed by atoms with Crippen molar-refractivity contribution in [3.63, 3.8) is 0 Å². The van der Waals surface area contributed by atoms with Crippen LogP contribution in [-0.2, 0) is 0 Å². The first-order valence-corrected chi connectivity index (χ1v) is 4.72. The van der Waals surface area contributed by atoms with Gasteiger partial charge in [-0.3, -0.25) is 4.98 Å². The van der Waals surface area contributed by atoms with Crippen molar-refractivity contribution in [3.8, 4) is 5.75 Å². The Kier molecular flexibility index (Phi) is 1.96. The Morgan fingerprint density at radius 1 is 1.31 bits per heavy atom. The fraction of sp³-hybridized carbons (Fsp3) is 0.100. The summed E-state index contributed by atoms with van der Waals surface area (Å²) in [6, 6.07) is 7.11.